The SMILES string of the molecule is CC1CCCCCN1CC(=O)c1cccc([N+](=O)[O-])c1. The van der Waals surface area contributed by atoms with Crippen LogP contribution in [0.25, 0.3) is 0 Å². The minimum Gasteiger partial charge on any atom is -0.293 e. The fourth-order valence-electron chi connectivity index (χ4n) is 2.64. The van der Waals surface area contributed by atoms with E-state index in [0.29, 0.717) is 18.2 Å². The molecule has 0 radical (unpaired) electrons. The van der Waals surface area contributed by atoms with Gasteiger partial charge in [-0.1, -0.05) is 25.0 Å². The summed E-state index contributed by atoms with van der Waals surface area (Å²) in [6, 6.07) is 6.39. The summed E-state index contributed by atoms with van der Waals surface area (Å²) in [6.45, 7) is 3.43. The van der Waals surface area contributed by atoms with Crippen molar-refractivity contribution in [1.29, 1.82) is 0 Å². The summed E-state index contributed by atoms with van der Waals surface area (Å²) < 4.78 is 0. The summed E-state index contributed by atoms with van der Waals surface area (Å²) in [5.41, 5.74) is 0.399. The normalized spacial score (nSPS) is 20.4. The summed E-state index contributed by atoms with van der Waals surface area (Å²) in [4.78, 5) is 24.8. The number of likely N-dealkylation sites (tertiary alicyclic amines) is 1. The van der Waals surface area contributed by atoms with Gasteiger partial charge >= 0.3 is 0 Å². The Morgan fingerprint density at radius 1 is 1.40 bits per heavy atom. The summed E-state index contributed by atoms with van der Waals surface area (Å²) in [5.74, 6) is -0.0394. The molecule has 0 spiro atoms. The third-order valence-corrected chi connectivity index (χ3v) is 3.92. The Balaban J connectivity index is 2.07. The van der Waals surface area contributed by atoms with Crippen molar-refractivity contribution in [2.45, 2.75) is 38.6 Å². The molecule has 20 heavy (non-hydrogen) atoms. The van der Waals surface area contributed by atoms with Crippen LogP contribution in [0.3, 0.4) is 0 Å². The summed E-state index contributed by atoms with van der Waals surface area (Å²) in [6.07, 6.45) is 4.66. The van der Waals surface area contributed by atoms with Gasteiger partial charge in [0, 0.05) is 23.7 Å². The molecule has 0 aromatic heterocycles. The van der Waals surface area contributed by atoms with Crippen LogP contribution in [-0.2, 0) is 0 Å². The van der Waals surface area contributed by atoms with Gasteiger partial charge in [-0.15, -0.1) is 0 Å². The number of carbonyl (C=O) groups excluding carboxylic acids is 1. The zero-order valence-electron chi connectivity index (χ0n) is 11.7. The molecule has 1 aromatic rings. The van der Waals surface area contributed by atoms with E-state index in [2.05, 4.69) is 11.8 Å². The van der Waals surface area contributed by atoms with E-state index < -0.39 is 4.92 Å². The van der Waals surface area contributed by atoms with Gasteiger partial charge in [-0.25, -0.2) is 0 Å². The highest BCUT2D eigenvalue weighted by Crippen LogP contribution is 2.18. The largest absolute Gasteiger partial charge is 0.293 e. The molecule has 5 heteroatoms. The first-order valence-corrected chi connectivity index (χ1v) is 7.09. The van der Waals surface area contributed by atoms with Gasteiger partial charge in [0.25, 0.3) is 5.69 Å². The van der Waals surface area contributed by atoms with Gasteiger partial charge in [0.2, 0.25) is 0 Å². The fourth-order valence-corrected chi connectivity index (χ4v) is 2.64. The number of non-ortho nitro benzene ring substituents is 1. The molecule has 0 amide bonds. The van der Waals surface area contributed by atoms with Gasteiger partial charge in [0.05, 0.1) is 11.5 Å². The minimum absolute atomic E-state index is 0.0280. The molecule has 1 aliphatic rings. The van der Waals surface area contributed by atoms with Crippen molar-refractivity contribution >= 4 is 11.5 Å². The molecule has 0 aliphatic carbocycles. The van der Waals surface area contributed by atoms with Crippen molar-refractivity contribution in [1.82, 2.24) is 4.90 Å². The van der Waals surface area contributed by atoms with Crippen LogP contribution in [0.2, 0.25) is 0 Å². The van der Waals surface area contributed by atoms with E-state index in [-0.39, 0.29) is 11.5 Å². The van der Waals surface area contributed by atoms with Crippen LogP contribution in [-0.4, -0.2) is 34.7 Å². The van der Waals surface area contributed by atoms with Gasteiger partial charge in [-0.3, -0.25) is 19.8 Å². The molecular weight excluding hydrogens is 256 g/mol. The lowest BCUT2D eigenvalue weighted by Crippen LogP contribution is -2.37. The average Bonchev–Trinajstić information content (AvgIpc) is 2.64. The molecule has 0 bridgehead atoms. The monoisotopic (exact) mass is 276 g/mol. The Kier molecular flexibility index (Phi) is 4.84. The Labute approximate surface area is 118 Å². The Morgan fingerprint density at radius 2 is 2.20 bits per heavy atom. The van der Waals surface area contributed by atoms with E-state index in [1.54, 1.807) is 12.1 Å². The summed E-state index contributed by atoms with van der Waals surface area (Å²) in [7, 11) is 0. The van der Waals surface area contributed by atoms with Crippen molar-refractivity contribution in [2.24, 2.45) is 0 Å². The van der Waals surface area contributed by atoms with Crippen molar-refractivity contribution in [2.75, 3.05) is 13.1 Å². The number of carbonyl (C=O) groups is 1. The Morgan fingerprint density at radius 3 is 2.95 bits per heavy atom. The van der Waals surface area contributed by atoms with E-state index in [4.69, 9.17) is 0 Å². The molecular formula is C15H20N2O3. The molecule has 1 fully saturated rings. The predicted octanol–water partition coefficient (Wildman–Crippen LogP) is 3.04. The second-order valence-corrected chi connectivity index (χ2v) is 5.40. The van der Waals surface area contributed by atoms with Crippen LogP contribution in [0.4, 0.5) is 5.69 Å². The third kappa shape index (κ3) is 3.63. The summed E-state index contributed by atoms with van der Waals surface area (Å²) in [5, 5.41) is 10.7. The first-order valence-electron chi connectivity index (χ1n) is 7.09. The van der Waals surface area contributed by atoms with E-state index in [9.17, 15) is 14.9 Å². The van der Waals surface area contributed by atoms with Crippen LogP contribution in [0.5, 0.6) is 0 Å². The van der Waals surface area contributed by atoms with Gasteiger partial charge < -0.3 is 0 Å². The number of nitrogens with zero attached hydrogens (tertiary/aromatic N) is 2. The van der Waals surface area contributed by atoms with Crippen molar-refractivity contribution in [3.8, 4) is 0 Å². The molecule has 1 heterocycles. The molecule has 0 N–H and O–H groups in total. The van der Waals surface area contributed by atoms with Crippen LogP contribution in [0, 0.1) is 10.1 Å². The van der Waals surface area contributed by atoms with Crippen LogP contribution in [0.1, 0.15) is 43.0 Å². The number of nitro benzene ring substituents is 1. The zero-order valence-corrected chi connectivity index (χ0v) is 11.7. The lowest BCUT2D eigenvalue weighted by molar-refractivity contribution is -0.384. The topological polar surface area (TPSA) is 63.5 Å². The number of benzene rings is 1. The minimum atomic E-state index is -0.467. The molecule has 1 saturated heterocycles. The third-order valence-electron chi connectivity index (χ3n) is 3.92. The number of hydrogen-bond acceptors (Lipinski definition) is 4. The maximum atomic E-state index is 12.3. The van der Waals surface area contributed by atoms with Gasteiger partial charge in [-0.2, -0.15) is 0 Å². The van der Waals surface area contributed by atoms with Crippen LogP contribution < -0.4 is 0 Å². The van der Waals surface area contributed by atoms with Crippen molar-refractivity contribution in [3.63, 3.8) is 0 Å². The molecule has 108 valence electrons. The molecule has 1 unspecified atom stereocenters. The lowest BCUT2D eigenvalue weighted by atomic mass is 10.1. The average molecular weight is 276 g/mol. The molecule has 0 saturated carbocycles. The first-order chi connectivity index (χ1) is 9.58. The summed E-state index contributed by atoms with van der Waals surface area (Å²) >= 11 is 0. The predicted molar refractivity (Wildman–Crippen MR) is 76.9 cm³/mol. The fraction of sp³-hybridized carbons (Fsp3) is 0.533. The van der Waals surface area contributed by atoms with E-state index in [0.717, 1.165) is 19.4 Å². The highest BCUT2D eigenvalue weighted by atomic mass is 16.6. The quantitative estimate of drug-likeness (QED) is 0.481. The van der Waals surface area contributed by atoms with Crippen LogP contribution >= 0.6 is 0 Å². The van der Waals surface area contributed by atoms with Gasteiger partial charge in [0.15, 0.2) is 5.78 Å². The number of nitro groups is 1. The lowest BCUT2D eigenvalue weighted by Gasteiger charge is -2.25. The smallest absolute Gasteiger partial charge is 0.270 e. The molecule has 5 nitrogen and oxygen atoms in total. The van der Waals surface area contributed by atoms with Gasteiger partial charge in [0.1, 0.15) is 0 Å². The van der Waals surface area contributed by atoms with Gasteiger partial charge in [-0.05, 0) is 26.3 Å². The second kappa shape index (κ2) is 6.61. The maximum Gasteiger partial charge on any atom is 0.270 e. The highest BCUT2D eigenvalue weighted by Gasteiger charge is 2.20. The second-order valence-electron chi connectivity index (χ2n) is 5.40. The number of rotatable bonds is 4. The first kappa shape index (κ1) is 14.7. The van der Waals surface area contributed by atoms with Crippen molar-refractivity contribution < 1.29 is 9.72 Å². The van der Waals surface area contributed by atoms with E-state index in [1.165, 1.54) is 25.0 Å². The number of ketones is 1. The number of Topliss-reactive ketones (excluding diaryl/α,β-unsaturated/α-hetero) is 1. The highest BCUT2D eigenvalue weighted by molar-refractivity contribution is 5.98. The molecule has 1 atom stereocenters. The molecule has 2 rings (SSSR count). The molecule has 1 aromatic carbocycles. The van der Waals surface area contributed by atoms with E-state index >= 15 is 0 Å². The number of hydrogen-bond donors (Lipinski definition) is 0. The van der Waals surface area contributed by atoms with Crippen molar-refractivity contribution in [3.05, 3.63) is 39.9 Å². The Bertz CT molecular complexity index is 502. The van der Waals surface area contributed by atoms with E-state index in [1.807, 2.05) is 0 Å². The molecule has 1 aliphatic heterocycles. The van der Waals surface area contributed by atoms with Crippen LogP contribution in [0.15, 0.2) is 24.3 Å². The maximum absolute atomic E-state index is 12.3. The standard InChI is InChI=1S/C15H20N2O3/c1-12-6-3-2-4-9-16(12)11-15(18)13-7-5-8-14(10-13)17(19)20/h5,7-8,10,12H,2-4,6,9,11H2,1H3. The zero-order chi connectivity index (χ0) is 14.5. The Hall–Kier alpha value is -1.75.